The van der Waals surface area contributed by atoms with Gasteiger partial charge in [0.1, 0.15) is 0 Å². The summed E-state index contributed by atoms with van der Waals surface area (Å²) < 4.78 is 10.9. The molecule has 1 unspecified atom stereocenters. The largest absolute Gasteiger partial charge is 0.314 e. The fourth-order valence-electron chi connectivity index (χ4n) is 2.40. The molecule has 1 aromatic rings. The molecular formula is C14H20ClNOS. The average Bonchev–Trinajstić information content (AvgIpc) is 2.25. The third kappa shape index (κ3) is 4.08. The summed E-state index contributed by atoms with van der Waals surface area (Å²) in [6, 6.07) is 8.80. The maximum atomic E-state index is 10.9. The van der Waals surface area contributed by atoms with Crippen molar-refractivity contribution in [3.8, 4) is 0 Å². The molecule has 0 spiro atoms. The summed E-state index contributed by atoms with van der Waals surface area (Å²) in [6.45, 7) is 0.979. The smallest absolute Gasteiger partial charge is 0.0408 e. The molecule has 2 rings (SSSR count). The first-order valence-electron chi connectivity index (χ1n) is 6.44. The van der Waals surface area contributed by atoms with Gasteiger partial charge < -0.3 is 5.32 Å². The lowest BCUT2D eigenvalue weighted by molar-refractivity contribution is 0.292. The molecule has 1 saturated carbocycles. The van der Waals surface area contributed by atoms with Crippen molar-refractivity contribution in [1.82, 2.24) is 5.32 Å². The third-order valence-corrected chi connectivity index (χ3v) is 4.60. The molecule has 1 aromatic carbocycles. The molecule has 0 aliphatic heterocycles. The summed E-state index contributed by atoms with van der Waals surface area (Å²) in [7, 11) is -0.658. The quantitative estimate of drug-likeness (QED) is 0.814. The highest BCUT2D eigenvalue weighted by atomic mass is 35.5. The molecule has 4 heteroatoms. The van der Waals surface area contributed by atoms with Crippen LogP contribution in [0.25, 0.3) is 0 Å². The molecule has 0 aromatic heterocycles. The SMILES string of the molecule is CS(=O)CCCNC1CC(c2cccc(Cl)c2)C1. The lowest BCUT2D eigenvalue weighted by Crippen LogP contribution is -2.40. The van der Waals surface area contributed by atoms with Gasteiger partial charge in [0.05, 0.1) is 0 Å². The minimum atomic E-state index is -0.658. The number of halogens is 1. The van der Waals surface area contributed by atoms with Crippen molar-refractivity contribution in [1.29, 1.82) is 0 Å². The van der Waals surface area contributed by atoms with Gasteiger partial charge in [0.2, 0.25) is 0 Å². The van der Waals surface area contributed by atoms with Crippen LogP contribution in [0.15, 0.2) is 24.3 Å². The van der Waals surface area contributed by atoms with E-state index < -0.39 is 10.8 Å². The van der Waals surface area contributed by atoms with Crippen LogP contribution in [-0.4, -0.2) is 28.8 Å². The number of rotatable bonds is 6. The fourth-order valence-corrected chi connectivity index (χ4v) is 3.15. The molecule has 0 radical (unpaired) electrons. The Hall–Kier alpha value is -0.380. The molecule has 18 heavy (non-hydrogen) atoms. The lowest BCUT2D eigenvalue weighted by Gasteiger charge is -2.36. The standard InChI is InChI=1S/C14H20ClNOS/c1-18(17)7-3-6-16-14-9-12(10-14)11-4-2-5-13(15)8-11/h2,4-5,8,12,14,16H,3,6-7,9-10H2,1H3. The summed E-state index contributed by atoms with van der Waals surface area (Å²) in [5.41, 5.74) is 1.36. The number of benzene rings is 1. The minimum Gasteiger partial charge on any atom is -0.314 e. The highest BCUT2D eigenvalue weighted by molar-refractivity contribution is 7.84. The Bertz CT molecular complexity index is 418. The molecule has 0 saturated heterocycles. The van der Waals surface area contributed by atoms with Crippen LogP contribution in [0.1, 0.15) is 30.7 Å². The van der Waals surface area contributed by atoms with Gasteiger partial charge in [-0.25, -0.2) is 0 Å². The van der Waals surface area contributed by atoms with Gasteiger partial charge >= 0.3 is 0 Å². The van der Waals surface area contributed by atoms with Gasteiger partial charge in [-0.15, -0.1) is 0 Å². The van der Waals surface area contributed by atoms with Gasteiger partial charge in [-0.05, 0) is 49.4 Å². The molecule has 100 valence electrons. The molecular weight excluding hydrogens is 266 g/mol. The van der Waals surface area contributed by atoms with E-state index in [1.165, 1.54) is 18.4 Å². The van der Waals surface area contributed by atoms with Gasteiger partial charge in [-0.2, -0.15) is 0 Å². The summed E-state index contributed by atoms with van der Waals surface area (Å²) in [5.74, 6) is 1.46. The van der Waals surface area contributed by atoms with E-state index >= 15 is 0 Å². The second kappa shape index (κ2) is 6.69. The maximum Gasteiger partial charge on any atom is 0.0408 e. The van der Waals surface area contributed by atoms with Crippen molar-refractivity contribution in [2.24, 2.45) is 0 Å². The molecule has 1 aliphatic rings. The van der Waals surface area contributed by atoms with Gasteiger partial charge in [0.25, 0.3) is 0 Å². The molecule has 0 bridgehead atoms. The van der Waals surface area contributed by atoms with Crippen LogP contribution >= 0.6 is 11.6 Å². The van der Waals surface area contributed by atoms with Crippen molar-refractivity contribution < 1.29 is 4.21 Å². The molecule has 1 N–H and O–H groups in total. The topological polar surface area (TPSA) is 29.1 Å². The summed E-state index contributed by atoms with van der Waals surface area (Å²) in [4.78, 5) is 0. The second-order valence-corrected chi connectivity index (χ2v) is 7.00. The molecule has 1 fully saturated rings. The highest BCUT2D eigenvalue weighted by Crippen LogP contribution is 2.37. The first-order chi connectivity index (χ1) is 8.65. The van der Waals surface area contributed by atoms with Crippen molar-refractivity contribution in [2.75, 3.05) is 18.6 Å². The normalized spacial score (nSPS) is 24.6. The number of hydrogen-bond donors (Lipinski definition) is 1. The average molecular weight is 286 g/mol. The zero-order valence-corrected chi connectivity index (χ0v) is 12.3. The Morgan fingerprint density at radius 2 is 2.22 bits per heavy atom. The van der Waals surface area contributed by atoms with E-state index in [4.69, 9.17) is 11.6 Å². The van der Waals surface area contributed by atoms with E-state index in [1.54, 1.807) is 6.26 Å². The van der Waals surface area contributed by atoms with Crippen LogP contribution < -0.4 is 5.32 Å². The molecule has 2 nitrogen and oxygen atoms in total. The Morgan fingerprint density at radius 1 is 1.44 bits per heavy atom. The Morgan fingerprint density at radius 3 is 2.89 bits per heavy atom. The van der Waals surface area contributed by atoms with E-state index in [1.807, 2.05) is 12.1 Å². The summed E-state index contributed by atoms with van der Waals surface area (Å²) >= 11 is 5.99. The van der Waals surface area contributed by atoms with Crippen molar-refractivity contribution in [3.63, 3.8) is 0 Å². The van der Waals surface area contributed by atoms with E-state index in [9.17, 15) is 4.21 Å². The van der Waals surface area contributed by atoms with Crippen LogP contribution in [0, 0.1) is 0 Å². The van der Waals surface area contributed by atoms with Crippen molar-refractivity contribution in [2.45, 2.75) is 31.2 Å². The van der Waals surface area contributed by atoms with Gasteiger partial charge in [-0.3, -0.25) is 4.21 Å². The first kappa shape index (κ1) is 14.0. The van der Waals surface area contributed by atoms with Crippen LogP contribution in [0.4, 0.5) is 0 Å². The van der Waals surface area contributed by atoms with Gasteiger partial charge in [-0.1, -0.05) is 23.7 Å². The van der Waals surface area contributed by atoms with E-state index in [2.05, 4.69) is 17.4 Å². The zero-order chi connectivity index (χ0) is 13.0. The van der Waals surface area contributed by atoms with E-state index in [0.29, 0.717) is 12.0 Å². The number of nitrogens with one attached hydrogen (secondary N) is 1. The van der Waals surface area contributed by atoms with Crippen molar-refractivity contribution in [3.05, 3.63) is 34.9 Å². The summed E-state index contributed by atoms with van der Waals surface area (Å²) in [5, 5.41) is 4.35. The van der Waals surface area contributed by atoms with Crippen LogP contribution in [0.5, 0.6) is 0 Å². The van der Waals surface area contributed by atoms with Gasteiger partial charge in [0.15, 0.2) is 0 Å². The lowest BCUT2D eigenvalue weighted by atomic mass is 9.76. The van der Waals surface area contributed by atoms with E-state index in [-0.39, 0.29) is 0 Å². The zero-order valence-electron chi connectivity index (χ0n) is 10.7. The summed E-state index contributed by atoms with van der Waals surface area (Å²) in [6.07, 6.45) is 5.14. The molecule has 1 aliphatic carbocycles. The predicted octanol–water partition coefficient (Wildman–Crippen LogP) is 2.94. The van der Waals surface area contributed by atoms with Crippen molar-refractivity contribution >= 4 is 22.4 Å². The molecule has 0 heterocycles. The molecule has 0 amide bonds. The Kier molecular flexibility index (Phi) is 5.22. The Labute approximate surface area is 117 Å². The van der Waals surface area contributed by atoms with E-state index in [0.717, 1.165) is 23.7 Å². The Balaban J connectivity index is 1.66. The van der Waals surface area contributed by atoms with Crippen LogP contribution in [-0.2, 0) is 10.8 Å². The highest BCUT2D eigenvalue weighted by Gasteiger charge is 2.29. The first-order valence-corrected chi connectivity index (χ1v) is 8.54. The predicted molar refractivity (Wildman–Crippen MR) is 78.8 cm³/mol. The minimum absolute atomic E-state index is 0.624. The molecule has 1 atom stereocenters. The fraction of sp³-hybridized carbons (Fsp3) is 0.571. The third-order valence-electron chi connectivity index (χ3n) is 3.50. The van der Waals surface area contributed by atoms with Crippen LogP contribution in [0.3, 0.4) is 0 Å². The number of hydrogen-bond acceptors (Lipinski definition) is 2. The van der Waals surface area contributed by atoms with Gasteiger partial charge in [0, 0.05) is 33.9 Å². The monoisotopic (exact) mass is 285 g/mol. The van der Waals surface area contributed by atoms with Crippen LogP contribution in [0.2, 0.25) is 5.02 Å². The second-order valence-electron chi connectivity index (χ2n) is 5.01. The maximum absolute atomic E-state index is 10.9.